The molecule has 0 spiro atoms. The van der Waals surface area contributed by atoms with Gasteiger partial charge < -0.3 is 11.1 Å². The molecule has 1 aromatic carbocycles. The van der Waals surface area contributed by atoms with Gasteiger partial charge in [0.1, 0.15) is 0 Å². The summed E-state index contributed by atoms with van der Waals surface area (Å²) in [6, 6.07) is 7.73. The second-order valence-corrected chi connectivity index (χ2v) is 5.76. The highest BCUT2D eigenvalue weighted by molar-refractivity contribution is 6.30. The van der Waals surface area contributed by atoms with Gasteiger partial charge in [-0.15, -0.1) is 0 Å². The van der Waals surface area contributed by atoms with Crippen molar-refractivity contribution in [3.8, 4) is 0 Å². The Bertz CT molecular complexity index is 436. The molecule has 0 radical (unpaired) electrons. The van der Waals surface area contributed by atoms with Gasteiger partial charge in [0.25, 0.3) is 0 Å². The second-order valence-electron chi connectivity index (χ2n) is 5.32. The van der Waals surface area contributed by atoms with Crippen LogP contribution in [0.1, 0.15) is 37.7 Å². The lowest BCUT2D eigenvalue weighted by atomic mass is 9.83. The largest absolute Gasteiger partial charge is 0.352 e. The number of carbonyl (C=O) groups is 1. The molecule has 0 bridgehead atoms. The van der Waals surface area contributed by atoms with Gasteiger partial charge in [0.15, 0.2) is 0 Å². The lowest BCUT2D eigenvalue weighted by Gasteiger charge is -2.27. The average Bonchev–Trinajstić information content (AvgIpc) is 2.39. The molecule has 104 valence electrons. The monoisotopic (exact) mass is 280 g/mol. The quantitative estimate of drug-likeness (QED) is 0.891. The molecule has 0 aromatic heterocycles. The Balaban J connectivity index is 1.78. The highest BCUT2D eigenvalue weighted by atomic mass is 35.5. The fraction of sp³-hybridized carbons (Fsp3) is 0.533. The molecule has 1 aromatic rings. The van der Waals surface area contributed by atoms with E-state index in [1.54, 1.807) is 0 Å². The Hall–Kier alpha value is -1.06. The Kier molecular flexibility index (Phi) is 5.23. The fourth-order valence-corrected chi connectivity index (χ4v) is 2.86. The summed E-state index contributed by atoms with van der Waals surface area (Å²) in [4.78, 5) is 11.9. The molecule has 2 rings (SSSR count). The van der Waals surface area contributed by atoms with Crippen molar-refractivity contribution in [2.24, 2.45) is 11.7 Å². The first-order chi connectivity index (χ1) is 9.15. The van der Waals surface area contributed by atoms with E-state index in [-0.39, 0.29) is 11.9 Å². The van der Waals surface area contributed by atoms with E-state index in [1.807, 2.05) is 24.3 Å². The SMILES string of the molecule is NC1CCCCC1CC(=O)NCc1cccc(Cl)c1. The van der Waals surface area contributed by atoms with Crippen molar-refractivity contribution in [1.82, 2.24) is 5.32 Å². The van der Waals surface area contributed by atoms with Crippen molar-refractivity contribution in [3.05, 3.63) is 34.9 Å². The maximum Gasteiger partial charge on any atom is 0.220 e. The van der Waals surface area contributed by atoms with E-state index in [0.29, 0.717) is 23.9 Å². The summed E-state index contributed by atoms with van der Waals surface area (Å²) in [5.74, 6) is 0.426. The van der Waals surface area contributed by atoms with Gasteiger partial charge in [0, 0.05) is 24.0 Å². The zero-order chi connectivity index (χ0) is 13.7. The van der Waals surface area contributed by atoms with Crippen LogP contribution in [0.2, 0.25) is 5.02 Å². The summed E-state index contributed by atoms with van der Waals surface area (Å²) in [7, 11) is 0. The van der Waals surface area contributed by atoms with Gasteiger partial charge in [0.05, 0.1) is 0 Å². The van der Waals surface area contributed by atoms with Crippen LogP contribution in [0.4, 0.5) is 0 Å². The molecule has 3 N–H and O–H groups in total. The molecular weight excluding hydrogens is 260 g/mol. The van der Waals surface area contributed by atoms with Gasteiger partial charge in [-0.2, -0.15) is 0 Å². The van der Waals surface area contributed by atoms with Gasteiger partial charge >= 0.3 is 0 Å². The van der Waals surface area contributed by atoms with Gasteiger partial charge in [-0.1, -0.05) is 36.6 Å². The van der Waals surface area contributed by atoms with E-state index in [0.717, 1.165) is 18.4 Å². The number of nitrogens with two attached hydrogens (primary N) is 1. The number of amides is 1. The van der Waals surface area contributed by atoms with Gasteiger partial charge in [-0.05, 0) is 36.5 Å². The van der Waals surface area contributed by atoms with Crippen LogP contribution < -0.4 is 11.1 Å². The minimum absolute atomic E-state index is 0.0855. The van der Waals surface area contributed by atoms with Crippen molar-refractivity contribution < 1.29 is 4.79 Å². The summed E-state index contributed by atoms with van der Waals surface area (Å²) < 4.78 is 0. The number of rotatable bonds is 4. The topological polar surface area (TPSA) is 55.1 Å². The van der Waals surface area contributed by atoms with Crippen LogP contribution in [0.15, 0.2) is 24.3 Å². The first kappa shape index (κ1) is 14.4. The third-order valence-electron chi connectivity index (χ3n) is 3.79. The molecule has 19 heavy (non-hydrogen) atoms. The summed E-state index contributed by atoms with van der Waals surface area (Å²) in [5.41, 5.74) is 7.08. The average molecular weight is 281 g/mol. The van der Waals surface area contributed by atoms with Gasteiger partial charge in [-0.25, -0.2) is 0 Å². The third-order valence-corrected chi connectivity index (χ3v) is 4.03. The summed E-state index contributed by atoms with van der Waals surface area (Å²) in [6.45, 7) is 0.529. The van der Waals surface area contributed by atoms with E-state index in [4.69, 9.17) is 17.3 Å². The standard InChI is InChI=1S/C15H21ClN2O/c16-13-6-3-4-11(8-13)10-18-15(19)9-12-5-1-2-7-14(12)17/h3-4,6,8,12,14H,1-2,5,7,9-10,17H2,(H,18,19). The van der Waals surface area contributed by atoms with Crippen molar-refractivity contribution in [1.29, 1.82) is 0 Å². The van der Waals surface area contributed by atoms with E-state index in [9.17, 15) is 4.79 Å². The molecular formula is C15H21ClN2O. The van der Waals surface area contributed by atoms with Crippen LogP contribution in [0.25, 0.3) is 0 Å². The van der Waals surface area contributed by atoms with Crippen LogP contribution in [0.3, 0.4) is 0 Å². The summed E-state index contributed by atoms with van der Waals surface area (Å²) in [5, 5.41) is 3.64. The number of hydrogen-bond acceptors (Lipinski definition) is 2. The first-order valence-electron chi connectivity index (χ1n) is 6.92. The second kappa shape index (κ2) is 6.92. The predicted octanol–water partition coefficient (Wildman–Crippen LogP) is 2.86. The number of nitrogens with one attached hydrogen (secondary N) is 1. The Morgan fingerprint density at radius 2 is 2.16 bits per heavy atom. The molecule has 1 saturated carbocycles. The first-order valence-corrected chi connectivity index (χ1v) is 7.29. The minimum Gasteiger partial charge on any atom is -0.352 e. The maximum absolute atomic E-state index is 11.9. The lowest BCUT2D eigenvalue weighted by molar-refractivity contribution is -0.122. The van der Waals surface area contributed by atoms with Crippen LogP contribution in [-0.4, -0.2) is 11.9 Å². The summed E-state index contributed by atoms with van der Waals surface area (Å²) in [6.07, 6.45) is 5.06. The number of carbonyl (C=O) groups excluding carboxylic acids is 1. The highest BCUT2D eigenvalue weighted by Gasteiger charge is 2.23. The molecule has 0 saturated heterocycles. The third kappa shape index (κ3) is 4.51. The smallest absolute Gasteiger partial charge is 0.220 e. The van der Waals surface area contributed by atoms with Crippen LogP contribution in [0.5, 0.6) is 0 Å². The van der Waals surface area contributed by atoms with E-state index in [1.165, 1.54) is 12.8 Å². The Morgan fingerprint density at radius 1 is 1.37 bits per heavy atom. The van der Waals surface area contributed by atoms with E-state index < -0.39 is 0 Å². The molecule has 1 amide bonds. The molecule has 1 aliphatic carbocycles. The van der Waals surface area contributed by atoms with Crippen molar-refractivity contribution in [3.63, 3.8) is 0 Å². The molecule has 1 aliphatic rings. The maximum atomic E-state index is 11.9. The Labute approximate surface area is 119 Å². The summed E-state index contributed by atoms with van der Waals surface area (Å²) >= 11 is 5.91. The molecule has 0 aliphatic heterocycles. The Morgan fingerprint density at radius 3 is 2.89 bits per heavy atom. The van der Waals surface area contributed by atoms with Crippen LogP contribution in [-0.2, 0) is 11.3 Å². The van der Waals surface area contributed by atoms with E-state index >= 15 is 0 Å². The zero-order valence-corrected chi connectivity index (χ0v) is 11.8. The van der Waals surface area contributed by atoms with Crippen LogP contribution >= 0.6 is 11.6 Å². The fourth-order valence-electron chi connectivity index (χ4n) is 2.65. The van der Waals surface area contributed by atoms with Crippen molar-refractivity contribution in [2.75, 3.05) is 0 Å². The van der Waals surface area contributed by atoms with E-state index in [2.05, 4.69) is 5.32 Å². The molecule has 0 heterocycles. The molecule has 1 fully saturated rings. The van der Waals surface area contributed by atoms with Crippen LogP contribution in [0, 0.1) is 5.92 Å². The normalized spacial score (nSPS) is 23.1. The number of benzene rings is 1. The molecule has 2 atom stereocenters. The molecule has 2 unspecified atom stereocenters. The van der Waals surface area contributed by atoms with Crippen molar-refractivity contribution in [2.45, 2.75) is 44.7 Å². The highest BCUT2D eigenvalue weighted by Crippen LogP contribution is 2.25. The zero-order valence-electron chi connectivity index (χ0n) is 11.1. The van der Waals surface area contributed by atoms with Gasteiger partial charge in [-0.3, -0.25) is 4.79 Å². The van der Waals surface area contributed by atoms with Crippen molar-refractivity contribution >= 4 is 17.5 Å². The number of hydrogen-bond donors (Lipinski definition) is 2. The minimum atomic E-state index is 0.0855. The molecule has 3 nitrogen and oxygen atoms in total. The molecule has 4 heteroatoms. The number of halogens is 1. The van der Waals surface area contributed by atoms with Gasteiger partial charge in [0.2, 0.25) is 5.91 Å². The lowest BCUT2D eigenvalue weighted by Crippen LogP contribution is -2.36. The predicted molar refractivity (Wildman–Crippen MR) is 77.8 cm³/mol.